The van der Waals surface area contributed by atoms with Gasteiger partial charge in [-0.25, -0.2) is 0 Å². The van der Waals surface area contributed by atoms with Crippen molar-refractivity contribution in [3.63, 3.8) is 0 Å². The number of benzene rings is 3. The van der Waals surface area contributed by atoms with Gasteiger partial charge in [-0.2, -0.15) is 0 Å². The van der Waals surface area contributed by atoms with E-state index in [1.807, 2.05) is 36.4 Å². The lowest BCUT2D eigenvalue weighted by Crippen LogP contribution is -2.14. The summed E-state index contributed by atoms with van der Waals surface area (Å²) in [5, 5.41) is 4.20. The van der Waals surface area contributed by atoms with Crippen molar-refractivity contribution in [2.24, 2.45) is 0 Å². The minimum atomic E-state index is 0.461. The van der Waals surface area contributed by atoms with E-state index in [0.717, 1.165) is 34.2 Å². The van der Waals surface area contributed by atoms with Crippen molar-refractivity contribution in [2.45, 2.75) is 26.6 Å². The van der Waals surface area contributed by atoms with Crippen LogP contribution in [0.15, 0.2) is 66.7 Å². The van der Waals surface area contributed by atoms with Crippen LogP contribution in [0.3, 0.4) is 0 Å². The number of nitrogens with one attached hydrogen (secondary N) is 1. The molecular formula is C23H24ClNO2. The first-order valence-corrected chi connectivity index (χ1v) is 9.33. The highest BCUT2D eigenvalue weighted by molar-refractivity contribution is 6.30. The molecule has 0 heterocycles. The van der Waals surface area contributed by atoms with Gasteiger partial charge in [-0.15, -0.1) is 0 Å². The van der Waals surface area contributed by atoms with Crippen molar-refractivity contribution in [3.05, 3.63) is 94.0 Å². The van der Waals surface area contributed by atoms with Crippen LogP contribution in [0, 0.1) is 6.92 Å². The number of aryl methyl sites for hydroxylation is 1. The largest absolute Gasteiger partial charge is 0.493 e. The Morgan fingerprint density at radius 2 is 1.56 bits per heavy atom. The summed E-state index contributed by atoms with van der Waals surface area (Å²) in [6.07, 6.45) is 0. The summed E-state index contributed by atoms with van der Waals surface area (Å²) in [5.74, 6) is 1.50. The Bertz CT molecular complexity index is 861. The Morgan fingerprint density at radius 1 is 0.852 bits per heavy atom. The molecule has 27 heavy (non-hydrogen) atoms. The summed E-state index contributed by atoms with van der Waals surface area (Å²) in [4.78, 5) is 0. The summed E-state index contributed by atoms with van der Waals surface area (Å²) in [5.41, 5.74) is 4.65. The molecule has 140 valence electrons. The second kappa shape index (κ2) is 9.45. The van der Waals surface area contributed by atoms with Crippen molar-refractivity contribution < 1.29 is 9.47 Å². The van der Waals surface area contributed by atoms with Crippen molar-refractivity contribution >= 4 is 11.6 Å². The molecule has 0 radical (unpaired) electrons. The van der Waals surface area contributed by atoms with Crippen LogP contribution in [0.2, 0.25) is 5.02 Å². The van der Waals surface area contributed by atoms with Gasteiger partial charge in [0.1, 0.15) is 6.61 Å². The fourth-order valence-corrected chi connectivity index (χ4v) is 2.93. The molecule has 3 aromatic rings. The van der Waals surface area contributed by atoms with Crippen molar-refractivity contribution in [1.29, 1.82) is 0 Å². The van der Waals surface area contributed by atoms with Gasteiger partial charge in [-0.1, -0.05) is 65.7 Å². The van der Waals surface area contributed by atoms with E-state index >= 15 is 0 Å². The molecule has 3 rings (SSSR count). The van der Waals surface area contributed by atoms with Gasteiger partial charge < -0.3 is 14.8 Å². The zero-order valence-electron chi connectivity index (χ0n) is 15.7. The zero-order valence-corrected chi connectivity index (χ0v) is 16.4. The number of rotatable bonds is 8. The van der Waals surface area contributed by atoms with Crippen LogP contribution < -0.4 is 14.8 Å². The summed E-state index contributed by atoms with van der Waals surface area (Å²) in [6, 6.07) is 22.2. The molecular weight excluding hydrogens is 358 g/mol. The Kier molecular flexibility index (Phi) is 6.74. The van der Waals surface area contributed by atoms with Gasteiger partial charge in [0.25, 0.3) is 0 Å². The first kappa shape index (κ1) is 19.3. The monoisotopic (exact) mass is 381 g/mol. The number of ether oxygens (including phenoxy) is 2. The molecule has 0 bridgehead atoms. The Hall–Kier alpha value is -2.49. The molecule has 1 N–H and O–H groups in total. The molecule has 4 heteroatoms. The normalized spacial score (nSPS) is 10.6. The van der Waals surface area contributed by atoms with Crippen LogP contribution in [-0.4, -0.2) is 7.11 Å². The molecule has 0 spiro atoms. The molecule has 0 unspecified atom stereocenters. The molecule has 0 aromatic heterocycles. The number of halogens is 1. The van der Waals surface area contributed by atoms with E-state index in [1.54, 1.807) is 7.11 Å². The predicted octanol–water partition coefficient (Wildman–Crippen LogP) is 5.53. The fraction of sp³-hybridized carbons (Fsp3) is 0.217. The molecule has 3 nitrogen and oxygen atoms in total. The lowest BCUT2D eigenvalue weighted by atomic mass is 10.1. The Labute approximate surface area is 165 Å². The second-order valence-electron chi connectivity index (χ2n) is 6.45. The third-order valence-corrected chi connectivity index (χ3v) is 4.59. The lowest BCUT2D eigenvalue weighted by Gasteiger charge is -2.16. The molecule has 0 aliphatic rings. The van der Waals surface area contributed by atoms with E-state index in [0.29, 0.717) is 13.2 Å². The quantitative estimate of drug-likeness (QED) is 0.556. The van der Waals surface area contributed by atoms with Crippen molar-refractivity contribution in [2.75, 3.05) is 7.11 Å². The molecule has 0 aliphatic carbocycles. The Balaban J connectivity index is 1.66. The molecule has 0 fully saturated rings. The second-order valence-corrected chi connectivity index (χ2v) is 6.89. The van der Waals surface area contributed by atoms with E-state index in [2.05, 4.69) is 42.6 Å². The summed E-state index contributed by atoms with van der Waals surface area (Å²) < 4.78 is 11.6. The number of hydrogen-bond donors (Lipinski definition) is 1. The molecule has 0 amide bonds. The van der Waals surface area contributed by atoms with Gasteiger partial charge in [-0.3, -0.25) is 0 Å². The number of methoxy groups -OCH3 is 1. The van der Waals surface area contributed by atoms with Gasteiger partial charge in [0.2, 0.25) is 0 Å². The minimum absolute atomic E-state index is 0.461. The van der Waals surface area contributed by atoms with Crippen molar-refractivity contribution in [1.82, 2.24) is 5.32 Å². The third kappa shape index (κ3) is 5.49. The Morgan fingerprint density at radius 3 is 2.26 bits per heavy atom. The average molecular weight is 382 g/mol. The standard InChI is InChI=1S/C23H24ClNO2/c1-17-6-8-18(9-7-17)14-25-15-20-4-3-5-22(26-2)23(20)27-16-19-10-12-21(24)13-11-19/h3-13,25H,14-16H2,1-2H3. The molecule has 3 aromatic carbocycles. The lowest BCUT2D eigenvalue weighted by molar-refractivity contribution is 0.280. The van der Waals surface area contributed by atoms with Crippen molar-refractivity contribution in [3.8, 4) is 11.5 Å². The number of para-hydroxylation sites is 1. The molecule has 0 saturated heterocycles. The van der Waals surface area contributed by atoms with Crippen LogP contribution >= 0.6 is 11.6 Å². The highest BCUT2D eigenvalue weighted by Gasteiger charge is 2.11. The third-order valence-electron chi connectivity index (χ3n) is 4.34. The van der Waals surface area contributed by atoms with Gasteiger partial charge in [0.05, 0.1) is 7.11 Å². The fourth-order valence-electron chi connectivity index (χ4n) is 2.81. The first-order valence-electron chi connectivity index (χ1n) is 8.95. The highest BCUT2D eigenvalue weighted by atomic mass is 35.5. The van der Waals surface area contributed by atoms with Crippen LogP contribution in [0.4, 0.5) is 0 Å². The zero-order chi connectivity index (χ0) is 19.1. The highest BCUT2D eigenvalue weighted by Crippen LogP contribution is 2.32. The van der Waals surface area contributed by atoms with Gasteiger partial charge in [0, 0.05) is 23.7 Å². The topological polar surface area (TPSA) is 30.5 Å². The average Bonchev–Trinajstić information content (AvgIpc) is 2.69. The van der Waals surface area contributed by atoms with E-state index in [9.17, 15) is 0 Å². The predicted molar refractivity (Wildman–Crippen MR) is 111 cm³/mol. The maximum absolute atomic E-state index is 6.10. The molecule has 0 saturated carbocycles. The molecule has 0 aliphatic heterocycles. The molecule has 0 atom stereocenters. The van der Waals surface area contributed by atoms with Gasteiger partial charge in [0.15, 0.2) is 11.5 Å². The first-order chi connectivity index (χ1) is 13.2. The van der Waals surface area contributed by atoms with Crippen LogP contribution in [-0.2, 0) is 19.7 Å². The maximum atomic E-state index is 6.10. The number of hydrogen-bond acceptors (Lipinski definition) is 3. The maximum Gasteiger partial charge on any atom is 0.166 e. The van der Waals surface area contributed by atoms with Gasteiger partial charge in [-0.05, 0) is 36.2 Å². The smallest absolute Gasteiger partial charge is 0.166 e. The van der Waals surface area contributed by atoms with Crippen LogP contribution in [0.5, 0.6) is 11.5 Å². The van der Waals surface area contributed by atoms with Crippen LogP contribution in [0.25, 0.3) is 0 Å². The van der Waals surface area contributed by atoms with Crippen LogP contribution in [0.1, 0.15) is 22.3 Å². The summed E-state index contributed by atoms with van der Waals surface area (Å²) in [7, 11) is 1.66. The summed E-state index contributed by atoms with van der Waals surface area (Å²) in [6.45, 7) is 4.05. The van der Waals surface area contributed by atoms with E-state index in [1.165, 1.54) is 11.1 Å². The van der Waals surface area contributed by atoms with Gasteiger partial charge >= 0.3 is 0 Å². The minimum Gasteiger partial charge on any atom is -0.493 e. The SMILES string of the molecule is COc1cccc(CNCc2ccc(C)cc2)c1OCc1ccc(Cl)cc1. The van der Waals surface area contributed by atoms with E-state index in [4.69, 9.17) is 21.1 Å². The summed E-state index contributed by atoms with van der Waals surface area (Å²) >= 11 is 5.95. The van der Waals surface area contributed by atoms with E-state index < -0.39 is 0 Å². The van der Waals surface area contributed by atoms with E-state index in [-0.39, 0.29) is 0 Å².